The number of rotatable bonds is 6. The fraction of sp³-hybridized carbons (Fsp3) is 0.545. The SMILES string of the molecule is CC(C)[C@H](C(=O)OCC(=O)Nc1ccc(Cl)c(Cl)c1)N1C(=O)[C@H]2[C@H]3CC[C@@H](C3)[C@@H]2C1=O. The Morgan fingerprint density at radius 1 is 1.10 bits per heavy atom. The summed E-state index contributed by atoms with van der Waals surface area (Å²) >= 11 is 11.8. The molecule has 1 aromatic rings. The Labute approximate surface area is 190 Å². The van der Waals surface area contributed by atoms with Crippen LogP contribution in [0.5, 0.6) is 0 Å². The van der Waals surface area contributed by atoms with Crippen molar-refractivity contribution in [2.75, 3.05) is 11.9 Å². The molecule has 166 valence electrons. The lowest BCUT2D eigenvalue weighted by Gasteiger charge is -2.28. The summed E-state index contributed by atoms with van der Waals surface area (Å²) in [5.74, 6) is -2.34. The molecule has 2 bridgehead atoms. The molecule has 1 heterocycles. The number of nitrogens with one attached hydrogen (secondary N) is 1. The Morgan fingerprint density at radius 2 is 1.71 bits per heavy atom. The molecule has 3 fully saturated rings. The number of esters is 1. The van der Waals surface area contributed by atoms with Crippen LogP contribution in [0.4, 0.5) is 5.69 Å². The predicted octanol–water partition coefficient (Wildman–Crippen LogP) is 3.53. The van der Waals surface area contributed by atoms with Crippen molar-refractivity contribution in [2.24, 2.45) is 29.6 Å². The predicted molar refractivity (Wildman–Crippen MR) is 114 cm³/mol. The van der Waals surface area contributed by atoms with E-state index < -0.39 is 24.5 Å². The molecule has 1 N–H and O–H groups in total. The molecule has 3 aliphatic rings. The number of benzene rings is 1. The maximum absolute atomic E-state index is 13.1. The first-order chi connectivity index (χ1) is 14.7. The Hall–Kier alpha value is -2.12. The van der Waals surface area contributed by atoms with Crippen molar-refractivity contribution in [1.29, 1.82) is 0 Å². The summed E-state index contributed by atoms with van der Waals surface area (Å²) in [6.45, 7) is 2.96. The summed E-state index contributed by atoms with van der Waals surface area (Å²) in [5, 5.41) is 3.20. The third-order valence-corrected chi connectivity index (χ3v) is 7.40. The molecule has 0 unspecified atom stereocenters. The van der Waals surface area contributed by atoms with Gasteiger partial charge in [-0.2, -0.15) is 0 Å². The molecule has 5 atom stereocenters. The van der Waals surface area contributed by atoms with E-state index in [1.807, 2.05) is 0 Å². The lowest BCUT2D eigenvalue weighted by Crippen LogP contribution is -2.50. The molecule has 7 nitrogen and oxygen atoms in total. The van der Waals surface area contributed by atoms with E-state index in [2.05, 4.69) is 5.32 Å². The molecule has 2 aliphatic carbocycles. The van der Waals surface area contributed by atoms with Gasteiger partial charge in [0, 0.05) is 5.69 Å². The van der Waals surface area contributed by atoms with Crippen molar-refractivity contribution in [2.45, 2.75) is 39.2 Å². The lowest BCUT2D eigenvalue weighted by atomic mass is 9.81. The quantitative estimate of drug-likeness (QED) is 0.511. The number of fused-ring (bicyclic) bond motifs is 5. The zero-order valence-electron chi connectivity index (χ0n) is 17.3. The summed E-state index contributed by atoms with van der Waals surface area (Å²) in [5.41, 5.74) is 0.407. The van der Waals surface area contributed by atoms with Crippen molar-refractivity contribution in [3.63, 3.8) is 0 Å². The minimum atomic E-state index is -1.04. The van der Waals surface area contributed by atoms with Crippen molar-refractivity contribution < 1.29 is 23.9 Å². The van der Waals surface area contributed by atoms with Crippen LogP contribution in [-0.2, 0) is 23.9 Å². The summed E-state index contributed by atoms with van der Waals surface area (Å²) in [7, 11) is 0. The first kappa shape index (κ1) is 22.1. The molecule has 31 heavy (non-hydrogen) atoms. The van der Waals surface area contributed by atoms with Gasteiger partial charge in [-0.15, -0.1) is 0 Å². The van der Waals surface area contributed by atoms with Crippen molar-refractivity contribution >= 4 is 52.6 Å². The average Bonchev–Trinajstić information content (AvgIpc) is 3.39. The van der Waals surface area contributed by atoms with Crippen molar-refractivity contribution in [1.82, 2.24) is 4.90 Å². The van der Waals surface area contributed by atoms with Crippen LogP contribution in [0.15, 0.2) is 18.2 Å². The Balaban J connectivity index is 1.41. The highest BCUT2D eigenvalue weighted by Crippen LogP contribution is 2.56. The first-order valence-electron chi connectivity index (χ1n) is 10.5. The molecule has 9 heteroatoms. The highest BCUT2D eigenvalue weighted by Gasteiger charge is 2.62. The average molecular weight is 467 g/mol. The molecular formula is C22H24Cl2N2O5. The van der Waals surface area contributed by atoms with Crippen molar-refractivity contribution in [3.05, 3.63) is 28.2 Å². The molecule has 0 aromatic heterocycles. The second-order valence-electron chi connectivity index (χ2n) is 8.90. The third-order valence-electron chi connectivity index (χ3n) is 6.66. The Bertz CT molecular complexity index is 922. The first-order valence-corrected chi connectivity index (χ1v) is 11.2. The normalized spacial score (nSPS) is 27.6. The van der Waals surface area contributed by atoms with E-state index >= 15 is 0 Å². The molecule has 0 radical (unpaired) electrons. The molecule has 1 aromatic carbocycles. The fourth-order valence-corrected chi connectivity index (χ4v) is 5.67. The van der Waals surface area contributed by atoms with E-state index in [1.54, 1.807) is 19.9 Å². The topological polar surface area (TPSA) is 92.8 Å². The molecule has 2 saturated carbocycles. The lowest BCUT2D eigenvalue weighted by molar-refractivity contribution is -0.162. The smallest absolute Gasteiger partial charge is 0.330 e. The van der Waals surface area contributed by atoms with Gasteiger partial charge in [-0.1, -0.05) is 37.0 Å². The molecule has 1 aliphatic heterocycles. The van der Waals surface area contributed by atoms with Crippen molar-refractivity contribution in [3.8, 4) is 0 Å². The standard InChI is InChI=1S/C22H24Cl2N2O5/c1-10(2)19(26-20(28)17-11-3-4-12(7-11)18(17)21(26)29)22(30)31-9-16(27)25-13-5-6-14(23)15(24)8-13/h5-6,8,10-12,17-19H,3-4,7,9H2,1-2H3,(H,25,27)/t11-,12-,17-,18-,19+/m0/s1. The summed E-state index contributed by atoms with van der Waals surface area (Å²) in [6, 6.07) is 3.55. The molecule has 0 spiro atoms. The van der Waals surface area contributed by atoms with Gasteiger partial charge in [0.1, 0.15) is 6.04 Å². The number of likely N-dealkylation sites (tertiary alicyclic amines) is 1. The fourth-order valence-electron chi connectivity index (χ4n) is 5.37. The number of carbonyl (C=O) groups is 4. The zero-order chi connectivity index (χ0) is 22.4. The number of anilines is 1. The van der Waals surface area contributed by atoms with Gasteiger partial charge in [-0.3, -0.25) is 19.3 Å². The second kappa shape index (κ2) is 8.43. The number of hydrogen-bond acceptors (Lipinski definition) is 5. The van der Waals surface area contributed by atoms with Crippen LogP contribution in [0.2, 0.25) is 10.0 Å². The highest BCUT2D eigenvalue weighted by atomic mass is 35.5. The summed E-state index contributed by atoms with van der Waals surface area (Å²) in [4.78, 5) is 52.3. The monoisotopic (exact) mass is 466 g/mol. The van der Waals surface area contributed by atoms with Gasteiger partial charge < -0.3 is 10.1 Å². The van der Waals surface area contributed by atoms with E-state index in [0.717, 1.165) is 24.2 Å². The van der Waals surface area contributed by atoms with Crippen LogP contribution >= 0.6 is 23.2 Å². The maximum Gasteiger partial charge on any atom is 0.330 e. The number of imide groups is 1. The molecular weight excluding hydrogens is 443 g/mol. The van der Waals surface area contributed by atoms with E-state index in [4.69, 9.17) is 27.9 Å². The number of carbonyl (C=O) groups excluding carboxylic acids is 4. The van der Waals surface area contributed by atoms with E-state index in [-0.39, 0.29) is 46.4 Å². The molecule has 4 rings (SSSR count). The van der Waals surface area contributed by atoms with Gasteiger partial charge in [0.05, 0.1) is 21.9 Å². The molecule has 3 amide bonds. The van der Waals surface area contributed by atoms with Gasteiger partial charge in [0.15, 0.2) is 6.61 Å². The van der Waals surface area contributed by atoms with Crippen LogP contribution in [0.1, 0.15) is 33.1 Å². The highest BCUT2D eigenvalue weighted by molar-refractivity contribution is 6.42. The Morgan fingerprint density at radius 3 is 2.26 bits per heavy atom. The van der Waals surface area contributed by atoms with Crippen LogP contribution < -0.4 is 5.32 Å². The van der Waals surface area contributed by atoms with Gasteiger partial charge in [0.2, 0.25) is 11.8 Å². The van der Waals surface area contributed by atoms with E-state index in [1.165, 1.54) is 12.1 Å². The van der Waals surface area contributed by atoms with Gasteiger partial charge in [0.25, 0.3) is 5.91 Å². The Kier molecular flexibility index (Phi) is 6.01. The molecule has 1 saturated heterocycles. The number of ether oxygens (including phenoxy) is 1. The number of hydrogen-bond donors (Lipinski definition) is 1. The zero-order valence-corrected chi connectivity index (χ0v) is 18.8. The number of halogens is 2. The van der Waals surface area contributed by atoms with Crippen LogP contribution in [0.3, 0.4) is 0 Å². The van der Waals surface area contributed by atoms with E-state index in [0.29, 0.717) is 10.7 Å². The maximum atomic E-state index is 13.1. The van der Waals surface area contributed by atoms with E-state index in [9.17, 15) is 19.2 Å². The van der Waals surface area contributed by atoms with Gasteiger partial charge >= 0.3 is 5.97 Å². The van der Waals surface area contributed by atoms with Crippen LogP contribution in [0.25, 0.3) is 0 Å². The number of nitrogens with zero attached hydrogens (tertiary/aromatic N) is 1. The summed E-state index contributed by atoms with van der Waals surface area (Å²) in [6.07, 6.45) is 2.85. The third kappa shape index (κ3) is 3.94. The largest absolute Gasteiger partial charge is 0.454 e. The van der Waals surface area contributed by atoms with Gasteiger partial charge in [-0.05, 0) is 55.2 Å². The summed E-state index contributed by atoms with van der Waals surface area (Å²) < 4.78 is 5.20. The second-order valence-corrected chi connectivity index (χ2v) is 9.72. The minimum absolute atomic E-state index is 0.234. The van der Waals surface area contributed by atoms with Crippen LogP contribution in [0, 0.1) is 29.6 Å². The number of amides is 3. The minimum Gasteiger partial charge on any atom is -0.454 e. The van der Waals surface area contributed by atoms with Gasteiger partial charge in [-0.25, -0.2) is 4.79 Å². The van der Waals surface area contributed by atoms with Crippen LogP contribution in [-0.4, -0.2) is 41.2 Å².